The highest BCUT2D eigenvalue weighted by molar-refractivity contribution is 5.99. The maximum Gasteiger partial charge on any atom is 0.409 e. The number of amides is 5. The lowest BCUT2D eigenvalue weighted by Crippen LogP contribution is -2.56. The van der Waals surface area contributed by atoms with E-state index in [0.717, 1.165) is 31.2 Å². The van der Waals surface area contributed by atoms with Crippen LogP contribution in [-0.4, -0.2) is 120 Å². The number of nitrogens with zero attached hydrogens (tertiary/aromatic N) is 4. The molecule has 1 aromatic heterocycles. The summed E-state index contributed by atoms with van der Waals surface area (Å²) in [7, 11) is 0. The summed E-state index contributed by atoms with van der Waals surface area (Å²) >= 11 is 0. The highest BCUT2D eigenvalue weighted by Crippen LogP contribution is 2.27. The first-order valence-electron chi connectivity index (χ1n) is 18.6. The number of benzene rings is 2. The number of pyridine rings is 1. The summed E-state index contributed by atoms with van der Waals surface area (Å²) in [6.07, 6.45) is 4.14. The molecule has 2 N–H and O–H groups in total. The fourth-order valence-electron chi connectivity index (χ4n) is 6.79. The lowest BCUT2D eigenvalue weighted by atomic mass is 9.93. The Labute approximate surface area is 309 Å². The number of likely N-dealkylation sites (tertiary alicyclic amines) is 1. The molecule has 3 fully saturated rings. The van der Waals surface area contributed by atoms with E-state index in [-0.39, 0.29) is 74.5 Å². The van der Waals surface area contributed by atoms with Crippen molar-refractivity contribution in [1.82, 2.24) is 30.3 Å². The molecule has 14 nitrogen and oxygen atoms in total. The van der Waals surface area contributed by atoms with Gasteiger partial charge in [0.25, 0.3) is 11.8 Å². The Morgan fingerprint density at radius 1 is 0.887 bits per heavy atom. The number of carbonyl (C=O) groups excluding carboxylic acids is 5. The first-order valence-corrected chi connectivity index (χ1v) is 18.6. The third kappa shape index (κ3) is 9.60. The molecular weight excluding hydrogens is 680 g/mol. The molecule has 0 radical (unpaired) electrons. The van der Waals surface area contributed by atoms with E-state index >= 15 is 0 Å². The Morgan fingerprint density at radius 3 is 2.36 bits per heavy atom. The Morgan fingerprint density at radius 2 is 1.62 bits per heavy atom. The normalized spacial score (nSPS) is 17.9. The predicted molar refractivity (Wildman–Crippen MR) is 195 cm³/mol. The molecule has 5 amide bonds. The lowest BCUT2D eigenvalue weighted by molar-refractivity contribution is -0.140. The van der Waals surface area contributed by atoms with Crippen LogP contribution in [-0.2, 0) is 30.5 Å². The predicted octanol–water partition coefficient (Wildman–Crippen LogP) is 3.28. The van der Waals surface area contributed by atoms with Gasteiger partial charge in [-0.15, -0.1) is 0 Å². The molecule has 3 aliphatic rings. The van der Waals surface area contributed by atoms with Crippen LogP contribution >= 0.6 is 0 Å². The minimum Gasteiger partial charge on any atom is -0.483 e. The van der Waals surface area contributed by atoms with Gasteiger partial charge >= 0.3 is 6.09 Å². The third-order valence-corrected chi connectivity index (χ3v) is 9.97. The molecule has 0 spiro atoms. The minimum atomic E-state index is -0.940. The molecule has 1 saturated carbocycles. The second-order valence-corrected chi connectivity index (χ2v) is 13.6. The van der Waals surface area contributed by atoms with Crippen molar-refractivity contribution in [3.05, 3.63) is 71.9 Å². The van der Waals surface area contributed by atoms with Gasteiger partial charge in [-0.3, -0.25) is 19.2 Å². The summed E-state index contributed by atoms with van der Waals surface area (Å²) in [5.74, 6) is -1.04. The van der Waals surface area contributed by atoms with E-state index in [1.807, 2.05) is 36.4 Å². The van der Waals surface area contributed by atoms with Gasteiger partial charge in [0, 0.05) is 56.8 Å². The molecule has 53 heavy (non-hydrogen) atoms. The topological polar surface area (TPSA) is 160 Å². The molecule has 2 unspecified atom stereocenters. The monoisotopic (exact) mass is 728 g/mol. The summed E-state index contributed by atoms with van der Waals surface area (Å²) < 4.78 is 17.1. The summed E-state index contributed by atoms with van der Waals surface area (Å²) in [4.78, 5) is 75.6. The molecule has 6 rings (SSSR count). The first-order chi connectivity index (χ1) is 25.8. The molecule has 2 atom stereocenters. The zero-order valence-electron chi connectivity index (χ0n) is 30.2. The van der Waals surface area contributed by atoms with E-state index in [2.05, 4.69) is 15.6 Å². The van der Waals surface area contributed by atoms with Gasteiger partial charge in [-0.25, -0.2) is 9.78 Å². The van der Waals surface area contributed by atoms with Crippen molar-refractivity contribution in [3.8, 4) is 5.75 Å². The molecule has 2 aromatic carbocycles. The van der Waals surface area contributed by atoms with Gasteiger partial charge in [0.1, 0.15) is 23.5 Å². The second-order valence-electron chi connectivity index (χ2n) is 13.6. The van der Waals surface area contributed by atoms with Crippen LogP contribution in [0.15, 0.2) is 60.7 Å². The van der Waals surface area contributed by atoms with Gasteiger partial charge in [-0.05, 0) is 63.1 Å². The van der Waals surface area contributed by atoms with Gasteiger partial charge in [-0.1, -0.05) is 42.5 Å². The van der Waals surface area contributed by atoms with Crippen molar-refractivity contribution < 1.29 is 38.2 Å². The average molecular weight is 729 g/mol. The van der Waals surface area contributed by atoms with Gasteiger partial charge in [0.05, 0.1) is 18.7 Å². The van der Waals surface area contributed by atoms with Crippen LogP contribution in [0.1, 0.15) is 61.5 Å². The maximum atomic E-state index is 13.9. The number of hydrogen-bond acceptors (Lipinski definition) is 9. The van der Waals surface area contributed by atoms with Gasteiger partial charge in [0.15, 0.2) is 6.61 Å². The molecule has 2 aliphatic heterocycles. The van der Waals surface area contributed by atoms with Crippen molar-refractivity contribution >= 4 is 40.6 Å². The average Bonchev–Trinajstić information content (AvgIpc) is 3.67. The Balaban J connectivity index is 1.13. The zero-order chi connectivity index (χ0) is 37.2. The number of fused-ring (bicyclic) bond motifs is 1. The number of piperazine rings is 1. The fraction of sp³-hybridized carbons (Fsp3) is 0.487. The number of para-hydroxylation sites is 1. The van der Waals surface area contributed by atoms with Crippen molar-refractivity contribution in [3.63, 3.8) is 0 Å². The number of aromatic nitrogens is 1. The van der Waals surface area contributed by atoms with Crippen molar-refractivity contribution in [1.29, 1.82) is 0 Å². The number of rotatable bonds is 14. The quantitative estimate of drug-likeness (QED) is 0.238. The van der Waals surface area contributed by atoms with E-state index in [0.29, 0.717) is 43.6 Å². The first kappa shape index (κ1) is 37.5. The Bertz CT molecular complexity index is 1760. The molecule has 3 heterocycles. The summed E-state index contributed by atoms with van der Waals surface area (Å²) in [6.45, 7) is 3.90. The number of carbonyl (C=O) groups is 5. The van der Waals surface area contributed by atoms with E-state index in [1.165, 1.54) is 6.07 Å². The van der Waals surface area contributed by atoms with E-state index in [4.69, 9.17) is 14.2 Å². The number of hydrogen-bond donors (Lipinski definition) is 2. The van der Waals surface area contributed by atoms with Crippen LogP contribution in [0, 0.1) is 0 Å². The summed E-state index contributed by atoms with van der Waals surface area (Å²) in [5.41, 5.74) is 1.48. The lowest BCUT2D eigenvalue weighted by Gasteiger charge is -2.36. The number of ether oxygens (including phenoxy) is 3. The SMILES string of the molecule is CCOC(=O)N1CCN(C(=O)C(CCOCc2ccccc2)NC(=O)c2cc(OCC(=O)N3CCCC3C(=O)NC3CCC3)c3ccccc3n2)CC1. The van der Waals surface area contributed by atoms with Crippen molar-refractivity contribution in [2.45, 2.75) is 70.2 Å². The van der Waals surface area contributed by atoms with Crippen molar-refractivity contribution in [2.75, 3.05) is 52.5 Å². The van der Waals surface area contributed by atoms with E-state index in [1.54, 1.807) is 39.8 Å². The highest BCUT2D eigenvalue weighted by atomic mass is 16.6. The fourth-order valence-corrected chi connectivity index (χ4v) is 6.79. The number of nitrogens with one attached hydrogen (secondary N) is 2. The largest absolute Gasteiger partial charge is 0.483 e. The summed E-state index contributed by atoms with van der Waals surface area (Å²) in [5, 5.41) is 6.54. The van der Waals surface area contributed by atoms with Gasteiger partial charge in [0.2, 0.25) is 11.8 Å². The molecule has 0 bridgehead atoms. The molecule has 3 aromatic rings. The zero-order valence-corrected chi connectivity index (χ0v) is 30.2. The third-order valence-electron chi connectivity index (χ3n) is 9.97. The standard InChI is InChI=1S/C39H48N6O8/c1-2-52-39(50)44-21-19-43(20-22-44)38(49)31(17-23-51-25-27-10-4-3-5-11-27)42-36(47)32-24-34(29-14-6-7-15-30(29)41-32)53-26-35(46)45-18-9-16-33(45)37(48)40-28-12-8-13-28/h3-7,10-11,14-15,24,28,31,33H,2,8-9,12-13,16-23,25-26H2,1H3,(H,40,48)(H,42,47). The highest BCUT2D eigenvalue weighted by Gasteiger charge is 2.36. The van der Waals surface area contributed by atoms with Gasteiger partial charge < -0.3 is 39.5 Å². The molecule has 2 saturated heterocycles. The second kappa shape index (κ2) is 18.0. The maximum absolute atomic E-state index is 13.9. The van der Waals surface area contributed by atoms with Crippen LogP contribution in [0.4, 0.5) is 4.79 Å². The van der Waals surface area contributed by atoms with Crippen LogP contribution in [0.5, 0.6) is 5.75 Å². The smallest absolute Gasteiger partial charge is 0.409 e. The Hall–Kier alpha value is -5.24. The van der Waals surface area contributed by atoms with Crippen LogP contribution < -0.4 is 15.4 Å². The molecule has 282 valence electrons. The van der Waals surface area contributed by atoms with E-state index < -0.39 is 24.1 Å². The summed E-state index contributed by atoms with van der Waals surface area (Å²) in [6, 6.07) is 17.0. The van der Waals surface area contributed by atoms with Crippen LogP contribution in [0.25, 0.3) is 10.9 Å². The molecule has 14 heteroatoms. The minimum absolute atomic E-state index is 0.0141. The van der Waals surface area contributed by atoms with Crippen molar-refractivity contribution in [2.24, 2.45) is 0 Å². The van der Waals surface area contributed by atoms with Crippen LogP contribution in [0.2, 0.25) is 0 Å². The Kier molecular flexibility index (Phi) is 12.7. The molecular formula is C39H48N6O8. The van der Waals surface area contributed by atoms with E-state index in [9.17, 15) is 24.0 Å². The van der Waals surface area contributed by atoms with Crippen LogP contribution in [0.3, 0.4) is 0 Å². The van der Waals surface area contributed by atoms with Gasteiger partial charge in [-0.2, -0.15) is 0 Å². The molecule has 1 aliphatic carbocycles.